The van der Waals surface area contributed by atoms with Crippen molar-refractivity contribution in [2.24, 2.45) is 0 Å². The van der Waals surface area contributed by atoms with Crippen LogP contribution in [0.25, 0.3) is 11.2 Å². The molecule has 0 unspecified atom stereocenters. The Bertz CT molecular complexity index is 898. The molecule has 1 amide bonds. The number of halogens is 1. The molecule has 3 rings (SSSR count). The first kappa shape index (κ1) is 18.5. The van der Waals surface area contributed by atoms with Crippen molar-refractivity contribution in [1.82, 2.24) is 20.3 Å². The van der Waals surface area contributed by atoms with Crippen molar-refractivity contribution < 1.29 is 9.53 Å². The number of aromatic nitrogens is 3. The van der Waals surface area contributed by atoms with Gasteiger partial charge in [-0.15, -0.1) is 0 Å². The van der Waals surface area contributed by atoms with Crippen LogP contribution in [0.1, 0.15) is 12.5 Å². The molecule has 136 valence electrons. The molecule has 8 heteroatoms. The SMILES string of the molecule is COc1ccc(CCNC(=O)[C@@H](C)Sc2nc3ncc(Cl)cc3[nH]2)cc1. The number of amides is 1. The molecule has 0 saturated heterocycles. The molecule has 2 aromatic heterocycles. The molecule has 0 aliphatic heterocycles. The summed E-state index contributed by atoms with van der Waals surface area (Å²) in [6.07, 6.45) is 2.31. The number of hydrogen-bond acceptors (Lipinski definition) is 5. The molecule has 6 nitrogen and oxygen atoms in total. The number of nitrogens with one attached hydrogen (secondary N) is 2. The van der Waals surface area contributed by atoms with E-state index in [4.69, 9.17) is 16.3 Å². The summed E-state index contributed by atoms with van der Waals surface area (Å²) in [5, 5.41) is 3.87. The average Bonchev–Trinajstić information content (AvgIpc) is 3.03. The van der Waals surface area contributed by atoms with Crippen LogP contribution in [0.5, 0.6) is 5.75 Å². The van der Waals surface area contributed by atoms with Crippen LogP contribution in [0.15, 0.2) is 41.7 Å². The lowest BCUT2D eigenvalue weighted by atomic mass is 10.1. The number of hydrogen-bond donors (Lipinski definition) is 2. The fourth-order valence-electron chi connectivity index (χ4n) is 2.40. The van der Waals surface area contributed by atoms with Crippen LogP contribution in [-0.2, 0) is 11.2 Å². The van der Waals surface area contributed by atoms with E-state index in [2.05, 4.69) is 20.3 Å². The van der Waals surface area contributed by atoms with Crippen molar-refractivity contribution in [3.8, 4) is 5.75 Å². The first-order valence-electron chi connectivity index (χ1n) is 8.13. The van der Waals surface area contributed by atoms with Gasteiger partial charge in [-0.3, -0.25) is 4.79 Å². The molecular formula is C18H19ClN4O2S. The first-order valence-corrected chi connectivity index (χ1v) is 9.39. The van der Waals surface area contributed by atoms with Gasteiger partial charge in [0, 0.05) is 12.7 Å². The highest BCUT2D eigenvalue weighted by atomic mass is 35.5. The molecule has 0 aliphatic carbocycles. The number of ether oxygens (including phenoxy) is 1. The number of carbonyl (C=O) groups is 1. The minimum atomic E-state index is -0.276. The largest absolute Gasteiger partial charge is 0.497 e. The minimum Gasteiger partial charge on any atom is -0.497 e. The van der Waals surface area contributed by atoms with E-state index in [1.54, 1.807) is 19.4 Å². The molecular weight excluding hydrogens is 372 g/mol. The van der Waals surface area contributed by atoms with Crippen LogP contribution in [0.3, 0.4) is 0 Å². The Labute approximate surface area is 160 Å². The fourth-order valence-corrected chi connectivity index (χ4v) is 3.39. The van der Waals surface area contributed by atoms with Crippen molar-refractivity contribution in [3.63, 3.8) is 0 Å². The Balaban J connectivity index is 1.50. The van der Waals surface area contributed by atoms with Gasteiger partial charge in [-0.05, 0) is 37.1 Å². The Morgan fingerprint density at radius 1 is 1.38 bits per heavy atom. The van der Waals surface area contributed by atoms with Crippen molar-refractivity contribution in [2.75, 3.05) is 13.7 Å². The van der Waals surface area contributed by atoms with Crippen LogP contribution < -0.4 is 10.1 Å². The Hall–Kier alpha value is -2.25. The second kappa shape index (κ2) is 8.42. The highest BCUT2D eigenvalue weighted by Crippen LogP contribution is 2.24. The highest BCUT2D eigenvalue weighted by molar-refractivity contribution is 8.00. The molecule has 0 radical (unpaired) electrons. The summed E-state index contributed by atoms with van der Waals surface area (Å²) in [6, 6.07) is 9.58. The van der Waals surface area contributed by atoms with Gasteiger partial charge in [-0.1, -0.05) is 35.5 Å². The normalized spacial score (nSPS) is 12.1. The fraction of sp³-hybridized carbons (Fsp3) is 0.278. The van der Waals surface area contributed by atoms with Gasteiger partial charge in [0.2, 0.25) is 5.91 Å². The predicted octanol–water partition coefficient (Wildman–Crippen LogP) is 3.46. The van der Waals surface area contributed by atoms with Gasteiger partial charge in [0.25, 0.3) is 0 Å². The summed E-state index contributed by atoms with van der Waals surface area (Å²) < 4.78 is 5.14. The molecule has 3 aromatic rings. The minimum absolute atomic E-state index is 0.0324. The van der Waals surface area contributed by atoms with Crippen LogP contribution in [0.2, 0.25) is 5.02 Å². The number of rotatable bonds is 7. The maximum absolute atomic E-state index is 12.3. The number of nitrogens with zero attached hydrogens (tertiary/aromatic N) is 2. The zero-order valence-electron chi connectivity index (χ0n) is 14.5. The quantitative estimate of drug-likeness (QED) is 0.604. The summed E-state index contributed by atoms with van der Waals surface area (Å²) in [5.41, 5.74) is 2.49. The molecule has 0 fully saturated rings. The third-order valence-corrected chi connectivity index (χ3v) is 5.00. The molecule has 26 heavy (non-hydrogen) atoms. The van der Waals surface area contributed by atoms with E-state index in [-0.39, 0.29) is 11.2 Å². The monoisotopic (exact) mass is 390 g/mol. The van der Waals surface area contributed by atoms with E-state index in [0.29, 0.717) is 22.4 Å². The number of thioether (sulfide) groups is 1. The second-order valence-electron chi connectivity index (χ2n) is 5.72. The Morgan fingerprint density at radius 3 is 2.88 bits per heavy atom. The number of H-pyrrole nitrogens is 1. The average molecular weight is 391 g/mol. The molecule has 1 atom stereocenters. The zero-order valence-corrected chi connectivity index (χ0v) is 16.0. The van der Waals surface area contributed by atoms with Gasteiger partial charge in [0.05, 0.1) is 22.9 Å². The number of carbonyl (C=O) groups excluding carboxylic acids is 1. The van der Waals surface area contributed by atoms with Crippen molar-refractivity contribution >= 4 is 40.4 Å². The topological polar surface area (TPSA) is 79.9 Å². The van der Waals surface area contributed by atoms with Gasteiger partial charge in [0.1, 0.15) is 5.75 Å². The van der Waals surface area contributed by atoms with E-state index >= 15 is 0 Å². The highest BCUT2D eigenvalue weighted by Gasteiger charge is 2.16. The third kappa shape index (κ3) is 4.68. The molecule has 1 aromatic carbocycles. The number of imidazole rings is 1. The van der Waals surface area contributed by atoms with Gasteiger partial charge >= 0.3 is 0 Å². The third-order valence-electron chi connectivity index (χ3n) is 3.81. The molecule has 0 aliphatic rings. The summed E-state index contributed by atoms with van der Waals surface area (Å²) in [4.78, 5) is 23.9. The van der Waals surface area contributed by atoms with Gasteiger partial charge in [-0.2, -0.15) is 0 Å². The number of benzene rings is 1. The summed E-state index contributed by atoms with van der Waals surface area (Å²) in [6.45, 7) is 2.42. The number of methoxy groups -OCH3 is 1. The number of fused-ring (bicyclic) bond motifs is 1. The lowest BCUT2D eigenvalue weighted by molar-refractivity contribution is -0.120. The summed E-state index contributed by atoms with van der Waals surface area (Å²) >= 11 is 7.28. The zero-order chi connectivity index (χ0) is 18.5. The number of pyridine rings is 1. The molecule has 0 bridgehead atoms. The van der Waals surface area contributed by atoms with Crippen LogP contribution in [0, 0.1) is 0 Å². The van der Waals surface area contributed by atoms with E-state index in [0.717, 1.165) is 23.3 Å². The van der Waals surface area contributed by atoms with Crippen molar-refractivity contribution in [3.05, 3.63) is 47.1 Å². The lowest BCUT2D eigenvalue weighted by Crippen LogP contribution is -2.32. The van der Waals surface area contributed by atoms with Crippen molar-refractivity contribution in [2.45, 2.75) is 23.8 Å². The number of aromatic amines is 1. The maximum atomic E-state index is 12.3. The second-order valence-corrected chi connectivity index (χ2v) is 7.48. The van der Waals surface area contributed by atoms with Crippen LogP contribution in [0.4, 0.5) is 0 Å². The predicted molar refractivity (Wildman–Crippen MR) is 104 cm³/mol. The van der Waals surface area contributed by atoms with E-state index in [9.17, 15) is 4.79 Å². The standard InChI is InChI=1S/C18H19ClN4O2S/c1-11(26-18-22-15-9-13(19)10-21-16(15)23-18)17(24)20-8-7-12-3-5-14(25-2)6-4-12/h3-6,9-11H,7-8H2,1-2H3,(H,20,24)(H,21,22,23)/t11-/m1/s1. The van der Waals surface area contributed by atoms with Crippen LogP contribution in [-0.4, -0.2) is 39.8 Å². The Kier molecular flexibility index (Phi) is 6.00. The van der Waals surface area contributed by atoms with Gasteiger partial charge in [-0.25, -0.2) is 9.97 Å². The van der Waals surface area contributed by atoms with E-state index < -0.39 is 0 Å². The summed E-state index contributed by atoms with van der Waals surface area (Å²) in [5.74, 6) is 0.791. The first-order chi connectivity index (χ1) is 12.5. The van der Waals surface area contributed by atoms with Gasteiger partial charge in [0.15, 0.2) is 10.8 Å². The molecule has 2 heterocycles. The van der Waals surface area contributed by atoms with Crippen molar-refractivity contribution in [1.29, 1.82) is 0 Å². The molecule has 2 N–H and O–H groups in total. The lowest BCUT2D eigenvalue weighted by Gasteiger charge is -2.10. The van der Waals surface area contributed by atoms with E-state index in [1.807, 2.05) is 31.2 Å². The summed E-state index contributed by atoms with van der Waals surface area (Å²) in [7, 11) is 1.64. The van der Waals surface area contributed by atoms with Crippen LogP contribution >= 0.6 is 23.4 Å². The molecule has 0 saturated carbocycles. The smallest absolute Gasteiger partial charge is 0.233 e. The van der Waals surface area contributed by atoms with Gasteiger partial charge < -0.3 is 15.0 Å². The van der Waals surface area contributed by atoms with E-state index in [1.165, 1.54) is 11.8 Å². The molecule has 0 spiro atoms. The Morgan fingerprint density at radius 2 is 2.15 bits per heavy atom. The maximum Gasteiger partial charge on any atom is 0.233 e.